The smallest absolute Gasteiger partial charge is 0.235 e. The second-order valence-corrected chi connectivity index (χ2v) is 6.68. The summed E-state index contributed by atoms with van der Waals surface area (Å²) in [5.41, 5.74) is 3.30. The summed E-state index contributed by atoms with van der Waals surface area (Å²) >= 11 is 6.56. The third kappa shape index (κ3) is 3.98. The Hall–Kier alpha value is -2.43. The van der Waals surface area contributed by atoms with Gasteiger partial charge in [0.15, 0.2) is 0 Å². The van der Waals surface area contributed by atoms with Crippen molar-refractivity contribution in [2.45, 2.75) is 0 Å². The van der Waals surface area contributed by atoms with Crippen LogP contribution in [0.5, 0.6) is 0 Å². The van der Waals surface area contributed by atoms with Gasteiger partial charge in [0, 0.05) is 27.4 Å². The van der Waals surface area contributed by atoms with Crippen molar-refractivity contribution >= 4 is 65.7 Å². The molecule has 1 heterocycles. The number of nitrogens with one attached hydrogen (secondary N) is 2. The highest BCUT2D eigenvalue weighted by atomic mass is 79.9. The Balaban J connectivity index is 2.11. The Kier molecular flexibility index (Phi) is 5.31. The lowest BCUT2D eigenvalue weighted by Gasteiger charge is -2.13. The first-order chi connectivity index (χ1) is 12.1. The van der Waals surface area contributed by atoms with Crippen LogP contribution in [-0.2, 0) is 4.79 Å². The van der Waals surface area contributed by atoms with Gasteiger partial charge in [-0.25, -0.2) is 0 Å². The quantitative estimate of drug-likeness (QED) is 0.541. The predicted molar refractivity (Wildman–Crippen MR) is 106 cm³/mol. The second-order valence-electron chi connectivity index (χ2n) is 5.21. The summed E-state index contributed by atoms with van der Waals surface area (Å²) in [5, 5.41) is 16.5. The number of amides is 1. The Morgan fingerprint density at radius 2 is 2.04 bits per heavy atom. The number of nitriles is 1. The van der Waals surface area contributed by atoms with Crippen molar-refractivity contribution in [3.05, 3.63) is 58.7 Å². The fourth-order valence-electron chi connectivity index (χ4n) is 2.39. The molecule has 0 unspecified atom stereocenters. The van der Waals surface area contributed by atoms with Gasteiger partial charge in [0.25, 0.3) is 0 Å². The van der Waals surface area contributed by atoms with E-state index in [2.05, 4.69) is 53.5 Å². The molecule has 2 N–H and O–H groups in total. The Bertz CT molecular complexity index is 998. The van der Waals surface area contributed by atoms with E-state index in [1.165, 1.54) is 0 Å². The molecule has 0 spiro atoms. The Labute approximate surface area is 161 Å². The van der Waals surface area contributed by atoms with Crippen LogP contribution in [0, 0.1) is 11.3 Å². The minimum Gasteiger partial charge on any atom is -0.354 e. The van der Waals surface area contributed by atoms with Gasteiger partial charge in [0.2, 0.25) is 5.91 Å². The zero-order valence-corrected chi connectivity index (χ0v) is 16.1. The van der Waals surface area contributed by atoms with Gasteiger partial charge in [-0.1, -0.05) is 37.9 Å². The van der Waals surface area contributed by atoms with E-state index < -0.39 is 0 Å². The lowest BCUT2D eigenvalue weighted by Crippen LogP contribution is -2.12. The number of hydrogen-bond donors (Lipinski definition) is 2. The van der Waals surface area contributed by atoms with E-state index >= 15 is 0 Å². The van der Waals surface area contributed by atoms with Crippen LogP contribution in [0.2, 0.25) is 0 Å². The molecule has 7 heteroatoms. The maximum Gasteiger partial charge on any atom is 0.235 e. The first kappa shape index (κ1) is 17.4. The number of nitrogens with zero attached hydrogens (tertiary/aromatic N) is 2. The van der Waals surface area contributed by atoms with Crippen LogP contribution >= 0.6 is 31.9 Å². The molecule has 0 saturated heterocycles. The molecule has 0 saturated carbocycles. The van der Waals surface area contributed by atoms with E-state index in [1.54, 1.807) is 12.3 Å². The molecule has 0 bridgehead atoms. The highest BCUT2D eigenvalue weighted by Gasteiger charge is 2.11. The van der Waals surface area contributed by atoms with Crippen LogP contribution in [0.1, 0.15) is 5.56 Å². The number of fused-ring (bicyclic) bond motifs is 1. The SMILES string of the molecule is N#Cc1cnc2ccc(NC(=O)CBr)cc2c1Nc1cccc(Br)c1. The number of rotatable bonds is 4. The molecule has 0 fully saturated rings. The van der Waals surface area contributed by atoms with E-state index in [0.717, 1.165) is 21.1 Å². The van der Waals surface area contributed by atoms with E-state index in [9.17, 15) is 10.1 Å². The number of alkyl halides is 1. The summed E-state index contributed by atoms with van der Waals surface area (Å²) in [6, 6.07) is 15.2. The minimum absolute atomic E-state index is 0.148. The van der Waals surface area contributed by atoms with E-state index in [1.807, 2.05) is 36.4 Å². The summed E-state index contributed by atoms with van der Waals surface area (Å²) in [7, 11) is 0. The summed E-state index contributed by atoms with van der Waals surface area (Å²) in [4.78, 5) is 15.9. The average molecular weight is 460 g/mol. The molecule has 1 aromatic heterocycles. The molecular formula is C18H12Br2N4O. The highest BCUT2D eigenvalue weighted by Crippen LogP contribution is 2.31. The van der Waals surface area contributed by atoms with Gasteiger partial charge in [-0.3, -0.25) is 9.78 Å². The molecule has 3 rings (SSSR count). The lowest BCUT2D eigenvalue weighted by atomic mass is 10.1. The molecule has 0 aliphatic rings. The largest absolute Gasteiger partial charge is 0.354 e. The average Bonchev–Trinajstić information content (AvgIpc) is 2.62. The van der Waals surface area contributed by atoms with E-state index in [-0.39, 0.29) is 11.2 Å². The first-order valence-electron chi connectivity index (χ1n) is 7.32. The van der Waals surface area contributed by atoms with Crippen molar-refractivity contribution in [2.75, 3.05) is 16.0 Å². The number of anilines is 3. The standard InChI is InChI=1S/C18H12Br2N4O/c19-8-17(25)23-14-4-5-16-15(7-14)18(11(9-21)10-22-16)24-13-3-1-2-12(20)6-13/h1-7,10H,8H2,(H,22,24)(H,23,25). The monoisotopic (exact) mass is 458 g/mol. The zero-order valence-electron chi connectivity index (χ0n) is 12.9. The summed E-state index contributed by atoms with van der Waals surface area (Å²) in [5.74, 6) is -0.148. The fraction of sp³-hybridized carbons (Fsp3) is 0.0556. The summed E-state index contributed by atoms with van der Waals surface area (Å²) in [6.07, 6.45) is 1.54. The molecule has 0 aliphatic heterocycles. The van der Waals surface area contributed by atoms with Crippen LogP contribution in [0.4, 0.5) is 17.1 Å². The van der Waals surface area contributed by atoms with Crippen LogP contribution < -0.4 is 10.6 Å². The van der Waals surface area contributed by atoms with Crippen LogP contribution in [0.15, 0.2) is 53.1 Å². The summed E-state index contributed by atoms with van der Waals surface area (Å²) in [6.45, 7) is 0. The number of aromatic nitrogens is 1. The maximum absolute atomic E-state index is 11.6. The normalized spacial score (nSPS) is 10.3. The van der Waals surface area contributed by atoms with Crippen LogP contribution in [0.3, 0.4) is 0 Å². The van der Waals surface area contributed by atoms with Crippen LogP contribution in [0.25, 0.3) is 10.9 Å². The first-order valence-corrected chi connectivity index (χ1v) is 9.23. The number of benzene rings is 2. The molecule has 1 amide bonds. The second kappa shape index (κ2) is 7.64. The molecule has 0 atom stereocenters. The molecular weight excluding hydrogens is 448 g/mol. The molecule has 25 heavy (non-hydrogen) atoms. The number of halogens is 2. The van der Waals surface area contributed by atoms with Gasteiger partial charge >= 0.3 is 0 Å². The van der Waals surface area contributed by atoms with Crippen molar-refractivity contribution in [1.82, 2.24) is 4.98 Å². The minimum atomic E-state index is -0.148. The number of hydrogen-bond acceptors (Lipinski definition) is 4. The maximum atomic E-state index is 11.6. The lowest BCUT2D eigenvalue weighted by molar-refractivity contribution is -0.113. The molecule has 0 radical (unpaired) electrons. The van der Waals surface area contributed by atoms with Crippen LogP contribution in [-0.4, -0.2) is 16.2 Å². The van der Waals surface area contributed by atoms with Gasteiger partial charge < -0.3 is 10.6 Å². The van der Waals surface area contributed by atoms with E-state index in [0.29, 0.717) is 16.9 Å². The molecule has 0 aliphatic carbocycles. The van der Waals surface area contributed by atoms with Gasteiger partial charge in [-0.15, -0.1) is 0 Å². The van der Waals surface area contributed by atoms with Crippen molar-refractivity contribution in [3.63, 3.8) is 0 Å². The Morgan fingerprint density at radius 3 is 2.76 bits per heavy atom. The third-order valence-corrected chi connectivity index (χ3v) is 4.49. The van der Waals surface area contributed by atoms with Crippen molar-refractivity contribution in [3.8, 4) is 6.07 Å². The highest BCUT2D eigenvalue weighted by molar-refractivity contribution is 9.10. The predicted octanol–water partition coefficient (Wildman–Crippen LogP) is 4.95. The number of carbonyl (C=O) groups excluding carboxylic acids is 1. The molecule has 3 aromatic rings. The van der Waals surface area contributed by atoms with Gasteiger partial charge in [-0.2, -0.15) is 5.26 Å². The summed E-state index contributed by atoms with van der Waals surface area (Å²) < 4.78 is 0.930. The van der Waals surface area contributed by atoms with Gasteiger partial charge in [-0.05, 0) is 36.4 Å². The van der Waals surface area contributed by atoms with E-state index in [4.69, 9.17) is 0 Å². The third-order valence-electron chi connectivity index (χ3n) is 3.49. The van der Waals surface area contributed by atoms with Gasteiger partial charge in [0.05, 0.1) is 22.1 Å². The Morgan fingerprint density at radius 1 is 1.20 bits per heavy atom. The fourth-order valence-corrected chi connectivity index (χ4v) is 2.93. The zero-order chi connectivity index (χ0) is 17.8. The van der Waals surface area contributed by atoms with Gasteiger partial charge in [0.1, 0.15) is 6.07 Å². The molecule has 5 nitrogen and oxygen atoms in total. The number of pyridine rings is 1. The topological polar surface area (TPSA) is 77.8 Å². The molecule has 2 aromatic carbocycles. The van der Waals surface area contributed by atoms with Crippen molar-refractivity contribution in [1.29, 1.82) is 5.26 Å². The van der Waals surface area contributed by atoms with Crippen molar-refractivity contribution < 1.29 is 4.79 Å². The molecule has 124 valence electrons. The van der Waals surface area contributed by atoms with Crippen molar-refractivity contribution in [2.24, 2.45) is 0 Å². The number of carbonyl (C=O) groups is 1.